The van der Waals surface area contributed by atoms with Crippen LogP contribution in [-0.4, -0.2) is 11.2 Å². The number of hydrogen-bond acceptors (Lipinski definition) is 4. The zero-order valence-electron chi connectivity index (χ0n) is 11.4. The van der Waals surface area contributed by atoms with Crippen LogP contribution in [0.1, 0.15) is 29.9 Å². The molecule has 0 amide bonds. The molecular formula is C15H17ClN2O2. The second-order valence-electron chi connectivity index (χ2n) is 5.09. The molecule has 1 N–H and O–H groups in total. The number of benzene rings is 1. The number of halogens is 1. The Hall–Kier alpha value is -1.52. The van der Waals surface area contributed by atoms with Gasteiger partial charge in [-0.1, -0.05) is 22.8 Å². The van der Waals surface area contributed by atoms with Crippen molar-refractivity contribution < 1.29 is 9.26 Å². The molecule has 0 spiro atoms. The van der Waals surface area contributed by atoms with Gasteiger partial charge in [-0.3, -0.25) is 0 Å². The zero-order chi connectivity index (χ0) is 13.9. The van der Waals surface area contributed by atoms with Gasteiger partial charge in [0.05, 0.1) is 0 Å². The molecule has 5 heteroatoms. The molecule has 1 saturated carbocycles. The lowest BCUT2D eigenvalue weighted by Crippen LogP contribution is -2.16. The minimum atomic E-state index is 0.383. The average Bonchev–Trinajstić information content (AvgIpc) is 3.17. The standard InChI is InChI=1S/C15H17ClN2O2/c1-10-7-12(18-20-10)9-19-15-4-2-3-14(16)13(15)8-17-11-5-6-11/h2-4,7,11,17H,5-6,8-9H2,1H3. The molecule has 106 valence electrons. The fraction of sp³-hybridized carbons (Fsp3) is 0.400. The van der Waals surface area contributed by atoms with E-state index in [-0.39, 0.29) is 0 Å². The highest BCUT2D eigenvalue weighted by molar-refractivity contribution is 6.31. The first-order valence-corrected chi connectivity index (χ1v) is 7.16. The molecule has 2 aromatic rings. The van der Waals surface area contributed by atoms with Crippen molar-refractivity contribution >= 4 is 11.6 Å². The third kappa shape index (κ3) is 3.32. The normalized spacial score (nSPS) is 14.5. The van der Waals surface area contributed by atoms with Crippen LogP contribution < -0.4 is 10.1 Å². The first-order chi connectivity index (χ1) is 9.72. The molecule has 1 aromatic heterocycles. The fourth-order valence-corrected chi connectivity index (χ4v) is 2.25. The maximum Gasteiger partial charge on any atom is 0.134 e. The number of aryl methyl sites for hydroxylation is 1. The third-order valence-electron chi connectivity index (χ3n) is 3.27. The van der Waals surface area contributed by atoms with Crippen LogP contribution in [0, 0.1) is 6.92 Å². The van der Waals surface area contributed by atoms with E-state index in [4.69, 9.17) is 20.9 Å². The topological polar surface area (TPSA) is 47.3 Å². The van der Waals surface area contributed by atoms with E-state index in [9.17, 15) is 0 Å². The summed E-state index contributed by atoms with van der Waals surface area (Å²) in [5, 5.41) is 8.11. The monoisotopic (exact) mass is 292 g/mol. The van der Waals surface area contributed by atoms with Gasteiger partial charge in [-0.15, -0.1) is 0 Å². The number of hydrogen-bond donors (Lipinski definition) is 1. The first kappa shape index (κ1) is 13.5. The van der Waals surface area contributed by atoms with E-state index in [1.54, 1.807) is 0 Å². The molecule has 0 atom stereocenters. The lowest BCUT2D eigenvalue weighted by Gasteiger charge is -2.12. The van der Waals surface area contributed by atoms with Crippen molar-refractivity contribution in [3.63, 3.8) is 0 Å². The van der Waals surface area contributed by atoms with Crippen LogP contribution in [0.25, 0.3) is 0 Å². The highest BCUT2D eigenvalue weighted by Gasteiger charge is 2.21. The van der Waals surface area contributed by atoms with Crippen LogP contribution in [0.3, 0.4) is 0 Å². The van der Waals surface area contributed by atoms with Gasteiger partial charge in [0, 0.05) is 29.2 Å². The largest absolute Gasteiger partial charge is 0.487 e. The summed E-state index contributed by atoms with van der Waals surface area (Å²) >= 11 is 6.26. The van der Waals surface area contributed by atoms with Crippen LogP contribution in [-0.2, 0) is 13.2 Å². The number of rotatable bonds is 6. The molecular weight excluding hydrogens is 276 g/mol. The Morgan fingerprint density at radius 2 is 2.30 bits per heavy atom. The smallest absolute Gasteiger partial charge is 0.134 e. The van der Waals surface area contributed by atoms with E-state index in [0.29, 0.717) is 12.6 Å². The number of nitrogens with zero attached hydrogens (tertiary/aromatic N) is 1. The van der Waals surface area contributed by atoms with Gasteiger partial charge >= 0.3 is 0 Å². The molecule has 20 heavy (non-hydrogen) atoms. The van der Waals surface area contributed by atoms with Crippen molar-refractivity contribution in [2.24, 2.45) is 0 Å². The van der Waals surface area contributed by atoms with Gasteiger partial charge in [-0.2, -0.15) is 0 Å². The molecule has 4 nitrogen and oxygen atoms in total. The van der Waals surface area contributed by atoms with E-state index in [1.807, 2.05) is 31.2 Å². The Labute approximate surface area is 123 Å². The Bertz CT molecular complexity index is 593. The Morgan fingerprint density at radius 3 is 3.00 bits per heavy atom. The van der Waals surface area contributed by atoms with Crippen molar-refractivity contribution in [3.05, 3.63) is 46.3 Å². The SMILES string of the molecule is Cc1cc(COc2cccc(Cl)c2CNC2CC2)no1. The van der Waals surface area contributed by atoms with Crippen molar-refractivity contribution in [1.82, 2.24) is 10.5 Å². The molecule has 1 heterocycles. The maximum atomic E-state index is 6.26. The maximum absolute atomic E-state index is 6.26. The second kappa shape index (κ2) is 5.85. The summed E-state index contributed by atoms with van der Waals surface area (Å²) in [6, 6.07) is 8.22. The quantitative estimate of drug-likeness (QED) is 0.885. The van der Waals surface area contributed by atoms with Gasteiger partial charge in [0.2, 0.25) is 0 Å². The Kier molecular flexibility index (Phi) is 3.94. The summed E-state index contributed by atoms with van der Waals surface area (Å²) in [6.07, 6.45) is 2.50. The van der Waals surface area contributed by atoms with Gasteiger partial charge in [0.15, 0.2) is 0 Å². The number of ether oxygens (including phenoxy) is 1. The molecule has 3 rings (SSSR count). The zero-order valence-corrected chi connectivity index (χ0v) is 12.1. The number of nitrogens with one attached hydrogen (secondary N) is 1. The molecule has 1 aliphatic rings. The van der Waals surface area contributed by atoms with Crippen molar-refractivity contribution in [1.29, 1.82) is 0 Å². The highest BCUT2D eigenvalue weighted by atomic mass is 35.5. The minimum absolute atomic E-state index is 0.383. The van der Waals surface area contributed by atoms with Crippen LogP contribution in [0.15, 0.2) is 28.8 Å². The first-order valence-electron chi connectivity index (χ1n) is 6.78. The van der Waals surface area contributed by atoms with Crippen molar-refractivity contribution in [2.75, 3.05) is 0 Å². The summed E-state index contributed by atoms with van der Waals surface area (Å²) in [5.74, 6) is 1.58. The van der Waals surface area contributed by atoms with E-state index in [1.165, 1.54) is 12.8 Å². The summed E-state index contributed by atoms with van der Waals surface area (Å²) in [7, 11) is 0. The van der Waals surface area contributed by atoms with Crippen molar-refractivity contribution in [3.8, 4) is 5.75 Å². The molecule has 1 aliphatic carbocycles. The van der Waals surface area contributed by atoms with Crippen LogP contribution in [0.2, 0.25) is 5.02 Å². The van der Waals surface area contributed by atoms with E-state index >= 15 is 0 Å². The van der Waals surface area contributed by atoms with Gasteiger partial charge in [0.1, 0.15) is 23.8 Å². The molecule has 0 saturated heterocycles. The lowest BCUT2D eigenvalue weighted by atomic mass is 10.2. The Morgan fingerprint density at radius 1 is 1.45 bits per heavy atom. The molecule has 1 aromatic carbocycles. The number of aromatic nitrogens is 1. The lowest BCUT2D eigenvalue weighted by molar-refractivity contribution is 0.284. The predicted octanol–water partition coefficient (Wildman–Crippen LogP) is 3.47. The molecule has 0 bridgehead atoms. The summed E-state index contributed by atoms with van der Waals surface area (Å²) in [4.78, 5) is 0. The van der Waals surface area contributed by atoms with Crippen LogP contribution in [0.5, 0.6) is 5.75 Å². The Balaban J connectivity index is 1.68. The van der Waals surface area contributed by atoms with Gasteiger partial charge in [0.25, 0.3) is 0 Å². The van der Waals surface area contributed by atoms with Gasteiger partial charge < -0.3 is 14.6 Å². The second-order valence-corrected chi connectivity index (χ2v) is 5.50. The summed E-state index contributed by atoms with van der Waals surface area (Å²) in [5.41, 5.74) is 1.78. The van der Waals surface area contributed by atoms with E-state index in [0.717, 1.165) is 34.3 Å². The van der Waals surface area contributed by atoms with E-state index in [2.05, 4.69) is 10.5 Å². The van der Waals surface area contributed by atoms with E-state index < -0.39 is 0 Å². The minimum Gasteiger partial charge on any atom is -0.487 e. The fourth-order valence-electron chi connectivity index (χ4n) is 2.02. The molecule has 0 unspecified atom stereocenters. The average molecular weight is 293 g/mol. The molecule has 0 radical (unpaired) electrons. The van der Waals surface area contributed by atoms with Crippen LogP contribution >= 0.6 is 11.6 Å². The molecule has 0 aliphatic heterocycles. The molecule has 1 fully saturated rings. The van der Waals surface area contributed by atoms with Crippen molar-refractivity contribution in [2.45, 2.75) is 39.0 Å². The van der Waals surface area contributed by atoms with Gasteiger partial charge in [-0.25, -0.2) is 0 Å². The van der Waals surface area contributed by atoms with Gasteiger partial charge in [-0.05, 0) is 31.9 Å². The predicted molar refractivity (Wildman–Crippen MR) is 76.9 cm³/mol. The summed E-state index contributed by atoms with van der Waals surface area (Å²) in [6.45, 7) is 2.98. The summed E-state index contributed by atoms with van der Waals surface area (Å²) < 4.78 is 10.8. The highest BCUT2D eigenvalue weighted by Crippen LogP contribution is 2.28. The van der Waals surface area contributed by atoms with Crippen LogP contribution in [0.4, 0.5) is 0 Å². The third-order valence-corrected chi connectivity index (χ3v) is 3.63.